The lowest BCUT2D eigenvalue weighted by atomic mass is 10.00. The summed E-state index contributed by atoms with van der Waals surface area (Å²) >= 11 is 0. The summed E-state index contributed by atoms with van der Waals surface area (Å²) in [7, 11) is 0. The number of carboxylic acids is 1. The molecule has 0 aliphatic carbocycles. The zero-order valence-electron chi connectivity index (χ0n) is 7.00. The van der Waals surface area contributed by atoms with Crippen LogP contribution in [0.4, 0.5) is 0 Å². The first kappa shape index (κ1) is 9.94. The molecule has 64 valence electrons. The van der Waals surface area contributed by atoms with E-state index in [9.17, 15) is 4.79 Å². The Morgan fingerprint density at radius 1 is 1.64 bits per heavy atom. The van der Waals surface area contributed by atoms with Crippen LogP contribution in [-0.4, -0.2) is 23.9 Å². The number of carboxylic acid groups (broad SMARTS) is 1. The van der Waals surface area contributed by atoms with Crippen LogP contribution in [0.3, 0.4) is 0 Å². The van der Waals surface area contributed by atoms with Gasteiger partial charge in [-0.25, -0.2) is 4.79 Å². The van der Waals surface area contributed by atoms with Gasteiger partial charge in [-0.2, -0.15) is 0 Å². The van der Waals surface area contributed by atoms with Gasteiger partial charge in [-0.15, -0.1) is 0 Å². The molecule has 0 saturated heterocycles. The largest absolute Gasteiger partial charge is 0.479 e. The highest BCUT2D eigenvalue weighted by Crippen LogP contribution is 2.07. The molecule has 0 aromatic carbocycles. The summed E-state index contributed by atoms with van der Waals surface area (Å²) in [6, 6.07) is 0. The Hall–Kier alpha value is -1.06. The highest BCUT2D eigenvalue weighted by atomic mass is 16.6. The maximum atomic E-state index is 9.92. The molecule has 0 aromatic heterocycles. The van der Waals surface area contributed by atoms with Gasteiger partial charge in [0.15, 0.2) is 0 Å². The average molecular weight is 159 g/mol. The summed E-state index contributed by atoms with van der Waals surface area (Å²) in [5.41, 5.74) is -0.0709. The maximum absolute atomic E-state index is 9.92. The van der Waals surface area contributed by atoms with E-state index in [1.54, 1.807) is 6.21 Å². The van der Waals surface area contributed by atoms with Gasteiger partial charge in [0.05, 0.1) is 0 Å². The van der Waals surface area contributed by atoms with Gasteiger partial charge < -0.3 is 9.94 Å². The Labute approximate surface area is 65.8 Å². The number of hydrogen-bond donors (Lipinski definition) is 1. The molecule has 11 heavy (non-hydrogen) atoms. The SMILES string of the molecule is CC(C)(C)C=NOCC(=O)O. The van der Waals surface area contributed by atoms with Gasteiger partial charge in [-0.3, -0.25) is 0 Å². The molecule has 0 aromatic rings. The third kappa shape index (κ3) is 8.94. The Bertz CT molecular complexity index is 158. The smallest absolute Gasteiger partial charge is 0.344 e. The van der Waals surface area contributed by atoms with Crippen molar-refractivity contribution in [1.82, 2.24) is 0 Å². The standard InChI is InChI=1S/C7H13NO3/c1-7(2,3)5-8-11-4-6(9)10/h5H,4H2,1-3H3,(H,9,10). The summed E-state index contributed by atoms with van der Waals surface area (Å²) in [4.78, 5) is 14.4. The number of rotatable bonds is 3. The van der Waals surface area contributed by atoms with Crippen LogP contribution in [0.15, 0.2) is 5.16 Å². The Morgan fingerprint density at radius 3 is 2.55 bits per heavy atom. The summed E-state index contributed by atoms with van der Waals surface area (Å²) < 4.78 is 0. The molecule has 4 nitrogen and oxygen atoms in total. The van der Waals surface area contributed by atoms with Gasteiger partial charge in [0.2, 0.25) is 6.61 Å². The topological polar surface area (TPSA) is 58.9 Å². The number of hydrogen-bond acceptors (Lipinski definition) is 3. The number of carbonyl (C=O) groups is 1. The van der Waals surface area contributed by atoms with E-state index >= 15 is 0 Å². The highest BCUT2D eigenvalue weighted by molar-refractivity contribution is 5.68. The van der Waals surface area contributed by atoms with Crippen molar-refractivity contribution >= 4 is 12.2 Å². The summed E-state index contributed by atoms with van der Waals surface area (Å²) in [5.74, 6) is -1.02. The van der Waals surface area contributed by atoms with Gasteiger partial charge in [-0.05, 0) is 0 Å². The van der Waals surface area contributed by atoms with Crippen LogP contribution < -0.4 is 0 Å². The molecule has 0 aliphatic rings. The first-order valence-corrected chi connectivity index (χ1v) is 3.30. The molecule has 0 aliphatic heterocycles. The molecule has 0 unspecified atom stereocenters. The average Bonchev–Trinajstić information content (AvgIpc) is 1.78. The zero-order chi connectivity index (χ0) is 8.91. The second-order valence-electron chi connectivity index (χ2n) is 3.27. The second-order valence-corrected chi connectivity index (χ2v) is 3.27. The molecule has 0 atom stereocenters. The minimum Gasteiger partial charge on any atom is -0.479 e. The van der Waals surface area contributed by atoms with Crippen LogP contribution in [0.25, 0.3) is 0 Å². The van der Waals surface area contributed by atoms with Crippen LogP contribution >= 0.6 is 0 Å². The van der Waals surface area contributed by atoms with Crippen molar-refractivity contribution in [3.05, 3.63) is 0 Å². The third-order valence-corrected chi connectivity index (χ3v) is 0.703. The second kappa shape index (κ2) is 3.95. The van der Waals surface area contributed by atoms with Crippen molar-refractivity contribution in [2.24, 2.45) is 10.6 Å². The Morgan fingerprint density at radius 2 is 2.18 bits per heavy atom. The minimum atomic E-state index is -1.02. The van der Waals surface area contributed by atoms with Crippen LogP contribution in [0.2, 0.25) is 0 Å². The fourth-order valence-corrected chi connectivity index (χ4v) is 0.288. The van der Waals surface area contributed by atoms with Gasteiger partial charge in [0.1, 0.15) is 0 Å². The maximum Gasteiger partial charge on any atom is 0.344 e. The molecular formula is C7H13NO3. The van der Waals surface area contributed by atoms with Crippen molar-refractivity contribution in [1.29, 1.82) is 0 Å². The molecule has 0 radical (unpaired) electrons. The molecule has 0 saturated carbocycles. The van der Waals surface area contributed by atoms with E-state index in [2.05, 4.69) is 9.99 Å². The van der Waals surface area contributed by atoms with Gasteiger partial charge in [0, 0.05) is 11.6 Å². The highest BCUT2D eigenvalue weighted by Gasteiger charge is 2.05. The molecule has 0 rings (SSSR count). The van der Waals surface area contributed by atoms with Crippen LogP contribution in [0, 0.1) is 5.41 Å². The number of aliphatic carboxylic acids is 1. The minimum absolute atomic E-state index is 0.0709. The quantitative estimate of drug-likeness (QED) is 0.496. The molecule has 0 fully saturated rings. The first-order chi connectivity index (χ1) is 4.92. The van der Waals surface area contributed by atoms with Gasteiger partial charge in [0.25, 0.3) is 0 Å². The fraction of sp³-hybridized carbons (Fsp3) is 0.714. The van der Waals surface area contributed by atoms with E-state index in [1.165, 1.54) is 0 Å². The normalized spacial score (nSPS) is 11.9. The summed E-state index contributed by atoms with van der Waals surface area (Å²) in [5, 5.41) is 11.6. The van der Waals surface area contributed by atoms with Crippen molar-refractivity contribution in [3.8, 4) is 0 Å². The molecule has 4 heteroatoms. The van der Waals surface area contributed by atoms with Crippen molar-refractivity contribution < 1.29 is 14.7 Å². The van der Waals surface area contributed by atoms with E-state index in [0.29, 0.717) is 0 Å². The Balaban J connectivity index is 3.54. The lowest BCUT2D eigenvalue weighted by Gasteiger charge is -2.08. The van der Waals surface area contributed by atoms with Gasteiger partial charge in [-0.1, -0.05) is 25.9 Å². The molecule has 0 spiro atoms. The van der Waals surface area contributed by atoms with E-state index < -0.39 is 5.97 Å². The van der Waals surface area contributed by atoms with Crippen LogP contribution in [-0.2, 0) is 9.63 Å². The third-order valence-electron chi connectivity index (χ3n) is 0.703. The predicted octanol–water partition coefficient (Wildman–Crippen LogP) is 1.12. The number of nitrogens with zero attached hydrogens (tertiary/aromatic N) is 1. The van der Waals surface area contributed by atoms with Crippen molar-refractivity contribution in [3.63, 3.8) is 0 Å². The zero-order valence-corrected chi connectivity index (χ0v) is 7.00. The molecule has 0 heterocycles. The molecular weight excluding hydrogens is 146 g/mol. The van der Waals surface area contributed by atoms with Crippen LogP contribution in [0.5, 0.6) is 0 Å². The van der Waals surface area contributed by atoms with Crippen LogP contribution in [0.1, 0.15) is 20.8 Å². The lowest BCUT2D eigenvalue weighted by molar-refractivity contribution is -0.142. The lowest BCUT2D eigenvalue weighted by Crippen LogP contribution is -2.08. The predicted molar refractivity (Wildman–Crippen MR) is 41.5 cm³/mol. The van der Waals surface area contributed by atoms with Crippen molar-refractivity contribution in [2.45, 2.75) is 20.8 Å². The monoisotopic (exact) mass is 159 g/mol. The molecule has 0 bridgehead atoms. The molecule has 1 N–H and O–H groups in total. The Kier molecular flexibility index (Phi) is 3.57. The van der Waals surface area contributed by atoms with E-state index in [0.717, 1.165) is 0 Å². The van der Waals surface area contributed by atoms with E-state index in [1.807, 2.05) is 20.8 Å². The number of oxime groups is 1. The summed E-state index contributed by atoms with van der Waals surface area (Å²) in [6.45, 7) is 5.45. The molecule has 0 amide bonds. The first-order valence-electron chi connectivity index (χ1n) is 3.30. The summed E-state index contributed by atoms with van der Waals surface area (Å²) in [6.07, 6.45) is 1.57. The van der Waals surface area contributed by atoms with Gasteiger partial charge >= 0.3 is 5.97 Å². The van der Waals surface area contributed by atoms with E-state index in [-0.39, 0.29) is 12.0 Å². The van der Waals surface area contributed by atoms with Crippen molar-refractivity contribution in [2.75, 3.05) is 6.61 Å². The van der Waals surface area contributed by atoms with E-state index in [4.69, 9.17) is 5.11 Å². The fourth-order valence-electron chi connectivity index (χ4n) is 0.288.